The van der Waals surface area contributed by atoms with Gasteiger partial charge in [0.1, 0.15) is 5.75 Å². The van der Waals surface area contributed by atoms with Gasteiger partial charge in [-0.05, 0) is 44.6 Å². The molecule has 2 atom stereocenters. The lowest BCUT2D eigenvalue weighted by atomic mass is 9.77. The first-order valence-corrected chi connectivity index (χ1v) is 6.99. The Morgan fingerprint density at radius 3 is 2.47 bits per heavy atom. The van der Waals surface area contributed by atoms with Crippen LogP contribution in [0, 0.1) is 5.92 Å². The van der Waals surface area contributed by atoms with E-state index in [0.717, 1.165) is 24.3 Å². The number of hydrogen-bond acceptors (Lipinski definition) is 3. The van der Waals surface area contributed by atoms with Gasteiger partial charge in [0.25, 0.3) is 0 Å². The quantitative estimate of drug-likeness (QED) is 0.823. The van der Waals surface area contributed by atoms with Crippen LogP contribution in [-0.2, 0) is 5.60 Å². The number of hydrogen-bond donors (Lipinski definition) is 1. The zero-order valence-corrected chi connectivity index (χ0v) is 12.8. The van der Waals surface area contributed by atoms with Crippen molar-refractivity contribution in [2.24, 2.45) is 5.92 Å². The third-order valence-electron chi connectivity index (χ3n) is 3.86. The minimum atomic E-state index is -0.798. The predicted molar refractivity (Wildman–Crippen MR) is 79.5 cm³/mol. The molecule has 3 heteroatoms. The second kappa shape index (κ2) is 6.92. The van der Waals surface area contributed by atoms with Crippen LogP contribution in [0.25, 0.3) is 0 Å². The maximum absolute atomic E-state index is 11.1. The average molecular weight is 265 g/mol. The van der Waals surface area contributed by atoms with Crippen molar-refractivity contribution in [1.82, 2.24) is 4.90 Å². The second-order valence-corrected chi connectivity index (χ2v) is 5.38. The van der Waals surface area contributed by atoms with Crippen LogP contribution in [0.2, 0.25) is 0 Å². The molecule has 1 aromatic carbocycles. The van der Waals surface area contributed by atoms with Crippen LogP contribution >= 0.6 is 0 Å². The first kappa shape index (κ1) is 16.0. The molecule has 0 bridgehead atoms. The third kappa shape index (κ3) is 3.71. The Hall–Kier alpha value is -1.06. The summed E-state index contributed by atoms with van der Waals surface area (Å²) in [6.45, 7) is 5.05. The molecule has 0 saturated heterocycles. The lowest BCUT2D eigenvalue weighted by molar-refractivity contribution is -0.0382. The van der Waals surface area contributed by atoms with Crippen molar-refractivity contribution in [2.75, 3.05) is 27.7 Å². The van der Waals surface area contributed by atoms with Crippen LogP contribution < -0.4 is 4.74 Å². The number of methoxy groups -OCH3 is 1. The van der Waals surface area contributed by atoms with Crippen molar-refractivity contribution in [3.05, 3.63) is 29.8 Å². The lowest BCUT2D eigenvalue weighted by Gasteiger charge is -2.37. The minimum absolute atomic E-state index is 0.208. The SMILES string of the molecule is CC[C@@H](CN(C)C)[C@](O)(CC)c1cccc(OC)c1. The number of benzene rings is 1. The van der Waals surface area contributed by atoms with E-state index in [9.17, 15) is 5.11 Å². The molecule has 1 aromatic rings. The Morgan fingerprint density at radius 2 is 2.00 bits per heavy atom. The van der Waals surface area contributed by atoms with E-state index in [1.54, 1.807) is 7.11 Å². The largest absolute Gasteiger partial charge is 0.497 e. The number of rotatable bonds is 7. The fraction of sp³-hybridized carbons (Fsp3) is 0.625. The molecule has 0 aliphatic heterocycles. The van der Waals surface area contributed by atoms with E-state index >= 15 is 0 Å². The van der Waals surface area contributed by atoms with Crippen molar-refractivity contribution >= 4 is 0 Å². The normalized spacial score (nSPS) is 16.2. The summed E-state index contributed by atoms with van der Waals surface area (Å²) < 4.78 is 5.27. The first-order chi connectivity index (χ1) is 8.97. The van der Waals surface area contributed by atoms with Gasteiger partial charge in [-0.15, -0.1) is 0 Å². The molecule has 0 aromatic heterocycles. The van der Waals surface area contributed by atoms with E-state index in [4.69, 9.17) is 4.74 Å². The molecular weight excluding hydrogens is 238 g/mol. The fourth-order valence-corrected chi connectivity index (χ4v) is 2.68. The van der Waals surface area contributed by atoms with Crippen molar-refractivity contribution in [1.29, 1.82) is 0 Å². The van der Waals surface area contributed by atoms with E-state index in [2.05, 4.69) is 11.8 Å². The molecule has 1 rings (SSSR count). The van der Waals surface area contributed by atoms with Gasteiger partial charge < -0.3 is 14.7 Å². The minimum Gasteiger partial charge on any atom is -0.497 e. The van der Waals surface area contributed by atoms with Crippen LogP contribution in [0.4, 0.5) is 0 Å². The zero-order valence-electron chi connectivity index (χ0n) is 12.8. The van der Waals surface area contributed by atoms with E-state index in [-0.39, 0.29) is 5.92 Å². The maximum Gasteiger partial charge on any atom is 0.119 e. The van der Waals surface area contributed by atoms with E-state index in [0.29, 0.717) is 6.42 Å². The Bertz CT molecular complexity index is 392. The Morgan fingerprint density at radius 1 is 1.32 bits per heavy atom. The van der Waals surface area contributed by atoms with E-state index in [1.807, 2.05) is 45.3 Å². The highest BCUT2D eigenvalue weighted by Crippen LogP contribution is 2.36. The standard InChI is InChI=1S/C16H27NO2/c1-6-13(12-17(3)4)16(18,7-2)14-9-8-10-15(11-14)19-5/h8-11,13,18H,6-7,12H2,1-5H3/t13-,16+/m0/s1. The molecule has 1 N–H and O–H groups in total. The van der Waals surface area contributed by atoms with Crippen LogP contribution in [0.1, 0.15) is 32.3 Å². The summed E-state index contributed by atoms with van der Waals surface area (Å²) in [6.07, 6.45) is 1.65. The van der Waals surface area contributed by atoms with Gasteiger partial charge >= 0.3 is 0 Å². The van der Waals surface area contributed by atoms with Gasteiger partial charge in [0.15, 0.2) is 0 Å². The molecule has 0 unspecified atom stereocenters. The molecule has 19 heavy (non-hydrogen) atoms. The lowest BCUT2D eigenvalue weighted by Crippen LogP contribution is -2.40. The van der Waals surface area contributed by atoms with Crippen LogP contribution in [0.3, 0.4) is 0 Å². The number of ether oxygens (including phenoxy) is 1. The molecule has 0 spiro atoms. The Balaban J connectivity index is 3.12. The van der Waals surface area contributed by atoms with Crippen molar-refractivity contribution < 1.29 is 9.84 Å². The highest BCUT2D eigenvalue weighted by molar-refractivity contribution is 5.32. The first-order valence-electron chi connectivity index (χ1n) is 6.99. The third-order valence-corrected chi connectivity index (χ3v) is 3.86. The molecule has 3 nitrogen and oxygen atoms in total. The topological polar surface area (TPSA) is 32.7 Å². The van der Waals surface area contributed by atoms with Gasteiger partial charge in [0.05, 0.1) is 12.7 Å². The molecule has 0 heterocycles. The Labute approximate surface area is 117 Å². The summed E-state index contributed by atoms with van der Waals surface area (Å²) in [6, 6.07) is 7.79. The summed E-state index contributed by atoms with van der Waals surface area (Å²) in [7, 11) is 5.75. The second-order valence-electron chi connectivity index (χ2n) is 5.38. The van der Waals surface area contributed by atoms with Crippen molar-refractivity contribution in [2.45, 2.75) is 32.3 Å². The summed E-state index contributed by atoms with van der Waals surface area (Å²) in [5.41, 5.74) is 0.149. The van der Waals surface area contributed by atoms with Gasteiger partial charge in [0.2, 0.25) is 0 Å². The van der Waals surface area contributed by atoms with Crippen LogP contribution in [-0.4, -0.2) is 37.8 Å². The summed E-state index contributed by atoms with van der Waals surface area (Å²) in [5, 5.41) is 11.1. The van der Waals surface area contributed by atoms with Crippen molar-refractivity contribution in [3.8, 4) is 5.75 Å². The number of aliphatic hydroxyl groups is 1. The highest BCUT2D eigenvalue weighted by Gasteiger charge is 2.36. The molecule has 0 amide bonds. The fourth-order valence-electron chi connectivity index (χ4n) is 2.68. The van der Waals surface area contributed by atoms with Gasteiger partial charge in [-0.2, -0.15) is 0 Å². The van der Waals surface area contributed by atoms with E-state index in [1.165, 1.54) is 0 Å². The number of nitrogens with zero attached hydrogens (tertiary/aromatic N) is 1. The summed E-state index contributed by atoms with van der Waals surface area (Å²) in [4.78, 5) is 2.13. The smallest absolute Gasteiger partial charge is 0.119 e. The average Bonchev–Trinajstić information content (AvgIpc) is 2.43. The zero-order chi connectivity index (χ0) is 14.5. The predicted octanol–water partition coefficient (Wildman–Crippen LogP) is 2.88. The maximum atomic E-state index is 11.1. The van der Waals surface area contributed by atoms with E-state index < -0.39 is 5.60 Å². The highest BCUT2D eigenvalue weighted by atomic mass is 16.5. The van der Waals surface area contributed by atoms with Gasteiger partial charge in [-0.3, -0.25) is 0 Å². The van der Waals surface area contributed by atoms with Crippen molar-refractivity contribution in [3.63, 3.8) is 0 Å². The van der Waals surface area contributed by atoms with Gasteiger partial charge in [-0.1, -0.05) is 26.0 Å². The van der Waals surface area contributed by atoms with Gasteiger partial charge in [-0.25, -0.2) is 0 Å². The molecule has 0 radical (unpaired) electrons. The van der Waals surface area contributed by atoms with Crippen LogP contribution in [0.15, 0.2) is 24.3 Å². The molecule has 0 fully saturated rings. The monoisotopic (exact) mass is 265 g/mol. The summed E-state index contributed by atoms with van der Waals surface area (Å²) >= 11 is 0. The molecule has 108 valence electrons. The van der Waals surface area contributed by atoms with Gasteiger partial charge in [0, 0.05) is 12.5 Å². The molecule has 0 aliphatic rings. The molecule has 0 aliphatic carbocycles. The summed E-state index contributed by atoms with van der Waals surface area (Å²) in [5.74, 6) is 1.00. The van der Waals surface area contributed by atoms with Crippen LogP contribution in [0.5, 0.6) is 5.75 Å². The molecular formula is C16H27NO2. The Kier molecular flexibility index (Phi) is 5.83. The molecule has 0 saturated carbocycles.